The van der Waals surface area contributed by atoms with Crippen LogP contribution in [0.15, 0.2) is 18.2 Å². The van der Waals surface area contributed by atoms with Crippen molar-refractivity contribution >= 4 is 21.2 Å². The van der Waals surface area contributed by atoms with E-state index in [0.717, 1.165) is 18.2 Å². The highest BCUT2D eigenvalue weighted by Crippen LogP contribution is 2.30. The number of nitro groups is 1. The van der Waals surface area contributed by atoms with Gasteiger partial charge in [0, 0.05) is 12.1 Å². The summed E-state index contributed by atoms with van der Waals surface area (Å²) in [7, 11) is -3.33. The van der Waals surface area contributed by atoms with Gasteiger partial charge in [0.15, 0.2) is 9.84 Å². The minimum Gasteiger partial charge on any atom is -0.506 e. The third-order valence-corrected chi connectivity index (χ3v) is 4.57. The van der Waals surface area contributed by atoms with Crippen LogP contribution in [0.5, 0.6) is 5.75 Å². The molecule has 1 aromatic carbocycles. The van der Waals surface area contributed by atoms with Gasteiger partial charge in [-0.05, 0) is 6.07 Å². The summed E-state index contributed by atoms with van der Waals surface area (Å²) in [6, 6.07) is 2.56. The predicted molar refractivity (Wildman–Crippen MR) is 66.8 cm³/mol. The first-order chi connectivity index (χ1) is 8.78. The number of sulfone groups is 1. The van der Waals surface area contributed by atoms with E-state index in [-0.39, 0.29) is 28.6 Å². The number of phenolic OH excluding ortho intramolecular Hbond substituents is 1. The molecule has 3 N–H and O–H groups in total. The molecule has 1 aliphatic rings. The van der Waals surface area contributed by atoms with Gasteiger partial charge < -0.3 is 15.5 Å². The summed E-state index contributed by atoms with van der Waals surface area (Å²) in [4.78, 5) is 9.99. The van der Waals surface area contributed by atoms with Crippen LogP contribution in [0, 0.1) is 10.1 Å². The van der Waals surface area contributed by atoms with Crippen LogP contribution < -0.4 is 5.32 Å². The van der Waals surface area contributed by atoms with Gasteiger partial charge in [-0.15, -0.1) is 0 Å². The molecule has 1 aromatic rings. The summed E-state index contributed by atoms with van der Waals surface area (Å²) in [5.74, 6) is -0.890. The number of aliphatic hydroxyl groups is 1. The Morgan fingerprint density at radius 2 is 2.05 bits per heavy atom. The number of non-ortho nitro benzene ring substituents is 1. The number of hydrogen-bond acceptors (Lipinski definition) is 7. The van der Waals surface area contributed by atoms with Crippen LogP contribution in [-0.4, -0.2) is 47.2 Å². The average Bonchev–Trinajstić information content (AvgIpc) is 2.54. The number of aliphatic hydroxyl groups excluding tert-OH is 1. The number of rotatable bonds is 3. The van der Waals surface area contributed by atoms with E-state index in [2.05, 4.69) is 5.32 Å². The molecule has 0 saturated carbocycles. The molecule has 0 amide bonds. The molecular weight excluding hydrogens is 276 g/mol. The number of phenols is 1. The minimum atomic E-state index is -3.33. The predicted octanol–water partition coefficient (Wildman–Crippen LogP) is -0.130. The lowest BCUT2D eigenvalue weighted by molar-refractivity contribution is -0.384. The van der Waals surface area contributed by atoms with E-state index < -0.39 is 26.9 Å². The van der Waals surface area contributed by atoms with Crippen LogP contribution >= 0.6 is 0 Å². The number of anilines is 1. The van der Waals surface area contributed by atoms with E-state index in [1.54, 1.807) is 0 Å². The van der Waals surface area contributed by atoms with Gasteiger partial charge >= 0.3 is 0 Å². The molecule has 104 valence electrons. The molecular formula is C10H12N2O6S. The summed E-state index contributed by atoms with van der Waals surface area (Å²) < 4.78 is 22.7. The van der Waals surface area contributed by atoms with Crippen LogP contribution in [0.2, 0.25) is 0 Å². The highest BCUT2D eigenvalue weighted by Gasteiger charge is 2.36. The Hall–Kier alpha value is -1.87. The maximum absolute atomic E-state index is 11.3. The van der Waals surface area contributed by atoms with Gasteiger partial charge in [-0.3, -0.25) is 10.1 Å². The number of nitrogens with zero attached hydrogens (tertiary/aromatic N) is 1. The second-order valence-electron chi connectivity index (χ2n) is 4.35. The summed E-state index contributed by atoms with van der Waals surface area (Å²) in [5, 5.41) is 32.4. The first-order valence-corrected chi connectivity index (χ1v) is 7.23. The third kappa shape index (κ3) is 2.93. The Morgan fingerprint density at radius 1 is 1.37 bits per heavy atom. The van der Waals surface area contributed by atoms with E-state index in [1.807, 2.05) is 0 Å². The quantitative estimate of drug-likeness (QED) is 0.401. The topological polar surface area (TPSA) is 130 Å². The Bertz CT molecular complexity index is 614. The first-order valence-electron chi connectivity index (χ1n) is 5.41. The van der Waals surface area contributed by atoms with Crippen molar-refractivity contribution in [2.45, 2.75) is 12.1 Å². The lowest BCUT2D eigenvalue weighted by Crippen LogP contribution is -2.31. The standard InChI is InChI=1S/C10H12N2O6S/c13-9-2-1-6(12(15)16)3-7(9)11-8-4-19(17,18)5-10(8)14/h1-3,8,10-11,13-14H,4-5H2/t8-,10+/m1/s1. The largest absolute Gasteiger partial charge is 0.506 e. The molecule has 0 aliphatic carbocycles. The molecule has 0 bridgehead atoms. The van der Waals surface area contributed by atoms with Gasteiger partial charge in [0.1, 0.15) is 5.75 Å². The Labute approximate surface area is 108 Å². The van der Waals surface area contributed by atoms with Gasteiger partial charge in [-0.1, -0.05) is 0 Å². The number of benzene rings is 1. The van der Waals surface area contributed by atoms with Gasteiger partial charge in [-0.2, -0.15) is 0 Å². The fourth-order valence-electron chi connectivity index (χ4n) is 1.92. The molecule has 2 rings (SSSR count). The first kappa shape index (κ1) is 13.6. The SMILES string of the molecule is O=[N+]([O-])c1ccc(O)c(N[C@@H]2CS(=O)(=O)C[C@@H]2O)c1. The molecule has 1 aliphatic heterocycles. The van der Waals surface area contributed by atoms with E-state index in [9.17, 15) is 28.7 Å². The van der Waals surface area contributed by atoms with Gasteiger partial charge in [0.25, 0.3) is 5.69 Å². The van der Waals surface area contributed by atoms with Crippen LogP contribution in [-0.2, 0) is 9.84 Å². The monoisotopic (exact) mass is 288 g/mol. The number of aromatic hydroxyl groups is 1. The molecule has 19 heavy (non-hydrogen) atoms. The van der Waals surface area contributed by atoms with Crippen molar-refractivity contribution in [3.05, 3.63) is 28.3 Å². The minimum absolute atomic E-state index is 0.0235. The average molecular weight is 288 g/mol. The van der Waals surface area contributed by atoms with Crippen molar-refractivity contribution in [1.29, 1.82) is 0 Å². The number of nitrogens with one attached hydrogen (secondary N) is 1. The summed E-state index contributed by atoms with van der Waals surface area (Å²) in [6.07, 6.45) is -1.11. The normalized spacial score (nSPS) is 25.1. The molecule has 0 spiro atoms. The molecule has 8 nitrogen and oxygen atoms in total. The lowest BCUT2D eigenvalue weighted by atomic mass is 10.2. The van der Waals surface area contributed by atoms with Gasteiger partial charge in [0.2, 0.25) is 0 Å². The molecule has 0 radical (unpaired) electrons. The van der Waals surface area contributed by atoms with Crippen LogP contribution in [0.4, 0.5) is 11.4 Å². The fraction of sp³-hybridized carbons (Fsp3) is 0.400. The van der Waals surface area contributed by atoms with Crippen molar-refractivity contribution in [3.8, 4) is 5.75 Å². The third-order valence-electron chi connectivity index (χ3n) is 2.85. The van der Waals surface area contributed by atoms with Crippen molar-refractivity contribution in [2.75, 3.05) is 16.8 Å². The maximum atomic E-state index is 11.3. The van der Waals surface area contributed by atoms with Crippen molar-refractivity contribution in [2.24, 2.45) is 0 Å². The van der Waals surface area contributed by atoms with E-state index in [0.29, 0.717) is 0 Å². The number of hydrogen-bond donors (Lipinski definition) is 3. The molecule has 2 atom stereocenters. The van der Waals surface area contributed by atoms with Crippen molar-refractivity contribution < 1.29 is 23.6 Å². The summed E-state index contributed by atoms with van der Waals surface area (Å²) in [6.45, 7) is 0. The van der Waals surface area contributed by atoms with Crippen LogP contribution in [0.25, 0.3) is 0 Å². The van der Waals surface area contributed by atoms with E-state index in [4.69, 9.17) is 0 Å². The van der Waals surface area contributed by atoms with Crippen molar-refractivity contribution in [1.82, 2.24) is 0 Å². The van der Waals surface area contributed by atoms with Crippen LogP contribution in [0.3, 0.4) is 0 Å². The summed E-state index contributed by atoms with van der Waals surface area (Å²) >= 11 is 0. The van der Waals surface area contributed by atoms with E-state index in [1.165, 1.54) is 0 Å². The molecule has 1 saturated heterocycles. The molecule has 1 fully saturated rings. The van der Waals surface area contributed by atoms with Crippen LogP contribution in [0.1, 0.15) is 0 Å². The summed E-state index contributed by atoms with van der Waals surface area (Å²) in [5.41, 5.74) is -0.217. The second-order valence-corrected chi connectivity index (χ2v) is 6.51. The highest BCUT2D eigenvalue weighted by molar-refractivity contribution is 7.91. The van der Waals surface area contributed by atoms with Gasteiger partial charge in [0.05, 0.1) is 34.3 Å². The Kier molecular flexibility index (Phi) is 3.33. The molecule has 1 heterocycles. The zero-order valence-electron chi connectivity index (χ0n) is 9.68. The lowest BCUT2D eigenvalue weighted by Gasteiger charge is -2.16. The maximum Gasteiger partial charge on any atom is 0.271 e. The Morgan fingerprint density at radius 3 is 2.58 bits per heavy atom. The van der Waals surface area contributed by atoms with Gasteiger partial charge in [-0.25, -0.2) is 8.42 Å². The second kappa shape index (κ2) is 4.67. The van der Waals surface area contributed by atoms with Crippen molar-refractivity contribution in [3.63, 3.8) is 0 Å². The smallest absolute Gasteiger partial charge is 0.271 e. The number of nitro benzene ring substituents is 1. The molecule has 9 heteroatoms. The molecule has 0 aromatic heterocycles. The fourth-order valence-corrected chi connectivity index (χ4v) is 3.66. The zero-order chi connectivity index (χ0) is 14.2. The molecule has 0 unspecified atom stereocenters. The van der Waals surface area contributed by atoms with E-state index >= 15 is 0 Å². The highest BCUT2D eigenvalue weighted by atomic mass is 32.2. The zero-order valence-corrected chi connectivity index (χ0v) is 10.5. The Balaban J connectivity index is 2.24.